The molecule has 0 unspecified atom stereocenters. The topological polar surface area (TPSA) is 91.1 Å². The Labute approximate surface area is 166 Å². The molecule has 28 heavy (non-hydrogen) atoms. The summed E-state index contributed by atoms with van der Waals surface area (Å²) in [4.78, 5) is 13.3. The van der Waals surface area contributed by atoms with E-state index in [1.54, 1.807) is 24.3 Å². The van der Waals surface area contributed by atoms with E-state index in [0.29, 0.717) is 42.2 Å². The molecular weight excluding hydrogens is 404 g/mol. The van der Waals surface area contributed by atoms with Crippen LogP contribution in [0.3, 0.4) is 0 Å². The fraction of sp³-hybridized carbons (Fsp3) is 0.211. The Hall–Kier alpha value is -2.55. The monoisotopic (exact) mass is 420 g/mol. The second-order valence-electron chi connectivity index (χ2n) is 6.49. The molecule has 0 saturated carbocycles. The Balaban J connectivity index is 1.51. The first-order chi connectivity index (χ1) is 13.3. The van der Waals surface area contributed by atoms with Crippen molar-refractivity contribution in [1.82, 2.24) is 4.31 Å². The van der Waals surface area contributed by atoms with Gasteiger partial charge in [0.05, 0.1) is 4.90 Å². The number of piperazine rings is 1. The number of nitrogens with zero attached hydrogens (tertiary/aromatic N) is 2. The number of carboxylic acids is 1. The zero-order chi connectivity index (χ0) is 19.9. The number of hydrogen-bond donors (Lipinski definition) is 1. The van der Waals surface area contributed by atoms with Crippen molar-refractivity contribution < 1.29 is 22.7 Å². The van der Waals surface area contributed by atoms with Crippen LogP contribution in [0.15, 0.2) is 57.8 Å². The average molecular weight is 421 g/mol. The normalized spacial score (nSPS) is 15.8. The lowest BCUT2D eigenvalue weighted by Crippen LogP contribution is -2.48. The van der Waals surface area contributed by atoms with Gasteiger partial charge in [0.15, 0.2) is 0 Å². The van der Waals surface area contributed by atoms with Crippen LogP contribution in [-0.4, -0.2) is 50.0 Å². The number of furan rings is 1. The summed E-state index contributed by atoms with van der Waals surface area (Å²) in [5.74, 6) is -1.22. The van der Waals surface area contributed by atoms with Gasteiger partial charge in [-0.3, -0.25) is 0 Å². The number of aromatic carboxylic acids is 1. The summed E-state index contributed by atoms with van der Waals surface area (Å²) in [7, 11) is -3.59. The van der Waals surface area contributed by atoms with Crippen LogP contribution in [0.2, 0.25) is 5.02 Å². The van der Waals surface area contributed by atoms with Crippen molar-refractivity contribution in [3.63, 3.8) is 0 Å². The standard InChI is InChI=1S/C19H17ClN2O5S/c20-14-2-1-3-16(12-14)28(25,26)22-8-6-21(7-9-22)15-4-5-17-13(10-15)11-18(27-17)19(23)24/h1-5,10-12H,6-9H2,(H,23,24). The summed E-state index contributed by atoms with van der Waals surface area (Å²) in [5, 5.41) is 10.1. The van der Waals surface area contributed by atoms with E-state index in [9.17, 15) is 13.2 Å². The maximum absolute atomic E-state index is 12.8. The van der Waals surface area contributed by atoms with Gasteiger partial charge in [-0.2, -0.15) is 4.31 Å². The van der Waals surface area contributed by atoms with Crippen molar-refractivity contribution in [2.24, 2.45) is 0 Å². The number of carbonyl (C=O) groups is 1. The predicted molar refractivity (Wildman–Crippen MR) is 106 cm³/mol. The molecule has 0 radical (unpaired) electrons. The molecule has 1 N–H and O–H groups in total. The molecule has 1 saturated heterocycles. The molecule has 0 atom stereocenters. The molecule has 0 spiro atoms. The zero-order valence-corrected chi connectivity index (χ0v) is 16.3. The van der Waals surface area contributed by atoms with Gasteiger partial charge < -0.3 is 14.4 Å². The summed E-state index contributed by atoms with van der Waals surface area (Å²) in [6.45, 7) is 1.74. The molecule has 9 heteroatoms. The number of benzene rings is 2. The van der Waals surface area contributed by atoms with Gasteiger partial charge in [-0.05, 0) is 42.5 Å². The third-order valence-electron chi connectivity index (χ3n) is 4.75. The molecule has 146 valence electrons. The van der Waals surface area contributed by atoms with Crippen LogP contribution >= 0.6 is 11.6 Å². The molecule has 3 aromatic rings. The fourth-order valence-corrected chi connectivity index (χ4v) is 5.02. The lowest BCUT2D eigenvalue weighted by molar-refractivity contribution is 0.0665. The number of halogens is 1. The van der Waals surface area contributed by atoms with Crippen molar-refractivity contribution in [2.45, 2.75) is 4.90 Å². The van der Waals surface area contributed by atoms with Gasteiger partial charge in [-0.15, -0.1) is 0 Å². The lowest BCUT2D eigenvalue weighted by atomic mass is 10.2. The molecule has 1 aromatic heterocycles. The number of hydrogen-bond acceptors (Lipinski definition) is 5. The molecule has 1 aliphatic heterocycles. The lowest BCUT2D eigenvalue weighted by Gasteiger charge is -2.35. The summed E-state index contributed by atoms with van der Waals surface area (Å²) in [5.41, 5.74) is 1.40. The van der Waals surface area contributed by atoms with Crippen molar-refractivity contribution in [3.8, 4) is 0 Å². The average Bonchev–Trinajstić information content (AvgIpc) is 3.12. The summed E-state index contributed by atoms with van der Waals surface area (Å²) < 4.78 is 32.3. The number of anilines is 1. The highest BCUT2D eigenvalue weighted by Gasteiger charge is 2.29. The van der Waals surface area contributed by atoms with Crippen LogP contribution in [0.25, 0.3) is 11.0 Å². The van der Waals surface area contributed by atoms with E-state index >= 15 is 0 Å². The van der Waals surface area contributed by atoms with E-state index in [2.05, 4.69) is 4.90 Å². The molecule has 2 heterocycles. The smallest absolute Gasteiger partial charge is 0.371 e. The number of sulfonamides is 1. The SMILES string of the molecule is O=C(O)c1cc2cc(N3CCN(S(=O)(=O)c4cccc(Cl)c4)CC3)ccc2o1. The largest absolute Gasteiger partial charge is 0.475 e. The molecule has 1 fully saturated rings. The second-order valence-corrected chi connectivity index (χ2v) is 8.86. The first-order valence-corrected chi connectivity index (χ1v) is 10.4. The number of rotatable bonds is 4. The minimum Gasteiger partial charge on any atom is -0.475 e. The predicted octanol–water partition coefficient (Wildman–Crippen LogP) is 3.30. The fourth-order valence-electron chi connectivity index (χ4n) is 3.30. The van der Waals surface area contributed by atoms with Gasteiger partial charge >= 0.3 is 5.97 Å². The van der Waals surface area contributed by atoms with Crippen molar-refractivity contribution in [3.05, 3.63) is 59.3 Å². The Kier molecular flexibility index (Phi) is 4.78. The minimum absolute atomic E-state index is 0.107. The molecule has 4 rings (SSSR count). The van der Waals surface area contributed by atoms with Crippen LogP contribution in [0, 0.1) is 0 Å². The van der Waals surface area contributed by atoms with Crippen LogP contribution in [-0.2, 0) is 10.0 Å². The molecule has 0 aliphatic carbocycles. The number of carboxylic acid groups (broad SMARTS) is 1. The molecule has 0 amide bonds. The van der Waals surface area contributed by atoms with Gasteiger partial charge in [0.25, 0.3) is 0 Å². The Bertz CT molecular complexity index is 1150. The molecule has 2 aromatic carbocycles. The van der Waals surface area contributed by atoms with Crippen LogP contribution < -0.4 is 4.90 Å². The summed E-state index contributed by atoms with van der Waals surface area (Å²) in [6.07, 6.45) is 0. The highest BCUT2D eigenvalue weighted by atomic mass is 35.5. The quantitative estimate of drug-likeness (QED) is 0.696. The first kappa shape index (κ1) is 18.8. The summed E-state index contributed by atoms with van der Waals surface area (Å²) in [6, 6.07) is 13.2. The van der Waals surface area contributed by atoms with Gasteiger partial charge in [0.2, 0.25) is 15.8 Å². The van der Waals surface area contributed by atoms with E-state index in [4.69, 9.17) is 21.1 Å². The molecular formula is C19H17ClN2O5S. The third-order valence-corrected chi connectivity index (χ3v) is 6.88. The van der Waals surface area contributed by atoms with Crippen LogP contribution in [0.4, 0.5) is 5.69 Å². The van der Waals surface area contributed by atoms with Gasteiger partial charge in [-0.1, -0.05) is 17.7 Å². The molecule has 0 bridgehead atoms. The zero-order valence-electron chi connectivity index (χ0n) is 14.7. The second kappa shape index (κ2) is 7.12. The van der Waals surface area contributed by atoms with Gasteiger partial charge in [0, 0.05) is 42.3 Å². The minimum atomic E-state index is -3.59. The number of fused-ring (bicyclic) bond motifs is 1. The maximum Gasteiger partial charge on any atom is 0.371 e. The maximum atomic E-state index is 12.8. The highest BCUT2D eigenvalue weighted by Crippen LogP contribution is 2.27. The van der Waals surface area contributed by atoms with Crippen molar-refractivity contribution >= 4 is 44.3 Å². The Morgan fingerprint density at radius 2 is 1.79 bits per heavy atom. The summed E-state index contributed by atoms with van der Waals surface area (Å²) >= 11 is 5.93. The van der Waals surface area contributed by atoms with Crippen LogP contribution in [0.1, 0.15) is 10.6 Å². The van der Waals surface area contributed by atoms with E-state index in [-0.39, 0.29) is 10.7 Å². The van der Waals surface area contributed by atoms with E-state index < -0.39 is 16.0 Å². The van der Waals surface area contributed by atoms with E-state index in [1.165, 1.54) is 16.4 Å². The Morgan fingerprint density at radius 3 is 2.46 bits per heavy atom. The van der Waals surface area contributed by atoms with E-state index in [1.807, 2.05) is 12.1 Å². The molecule has 7 nitrogen and oxygen atoms in total. The van der Waals surface area contributed by atoms with Crippen molar-refractivity contribution in [2.75, 3.05) is 31.1 Å². The van der Waals surface area contributed by atoms with Gasteiger partial charge in [-0.25, -0.2) is 13.2 Å². The molecule has 1 aliphatic rings. The van der Waals surface area contributed by atoms with Crippen LogP contribution in [0.5, 0.6) is 0 Å². The first-order valence-electron chi connectivity index (χ1n) is 8.62. The van der Waals surface area contributed by atoms with Crippen molar-refractivity contribution in [1.29, 1.82) is 0 Å². The van der Waals surface area contributed by atoms with Gasteiger partial charge in [0.1, 0.15) is 5.58 Å². The van der Waals surface area contributed by atoms with E-state index in [0.717, 1.165) is 5.69 Å². The Morgan fingerprint density at radius 1 is 1.04 bits per heavy atom. The third kappa shape index (κ3) is 3.46. The highest BCUT2D eigenvalue weighted by molar-refractivity contribution is 7.89.